The second-order valence-corrected chi connectivity index (χ2v) is 5.11. The molecule has 0 spiro atoms. The van der Waals surface area contributed by atoms with Gasteiger partial charge in [0.15, 0.2) is 0 Å². The average Bonchev–Trinajstić information content (AvgIpc) is 2.92. The van der Waals surface area contributed by atoms with E-state index in [0.29, 0.717) is 11.7 Å². The molecule has 1 aromatic rings. The number of aliphatic hydroxyl groups is 1. The predicted molar refractivity (Wildman–Crippen MR) is 75.7 cm³/mol. The third-order valence-electron chi connectivity index (χ3n) is 3.32. The molecule has 0 radical (unpaired) electrons. The molecule has 3 nitrogen and oxygen atoms in total. The molecule has 0 amide bonds. The molecule has 1 saturated heterocycles. The van der Waals surface area contributed by atoms with Crippen LogP contribution in [0, 0.1) is 17.7 Å². The molecular formula is C16H20FNO2. The van der Waals surface area contributed by atoms with Crippen LogP contribution in [0.4, 0.5) is 4.39 Å². The summed E-state index contributed by atoms with van der Waals surface area (Å²) in [6.45, 7) is 2.21. The van der Waals surface area contributed by atoms with E-state index in [-0.39, 0.29) is 12.4 Å². The van der Waals surface area contributed by atoms with Crippen molar-refractivity contribution in [2.24, 2.45) is 0 Å². The number of halogens is 1. The van der Waals surface area contributed by atoms with E-state index < -0.39 is 0 Å². The standard InChI is InChI=1S/C16H20FNO2/c1-18(12-15-5-3-9-20-15)11-13-6-7-16(17)14(10-13)4-2-8-19/h6-7,10,15,19H,3,5,8-9,11-12H2,1H3. The summed E-state index contributed by atoms with van der Waals surface area (Å²) in [4.78, 5) is 2.17. The largest absolute Gasteiger partial charge is 0.384 e. The highest BCUT2D eigenvalue weighted by Crippen LogP contribution is 2.15. The Balaban J connectivity index is 1.97. The van der Waals surface area contributed by atoms with Crippen LogP contribution in [0.25, 0.3) is 0 Å². The van der Waals surface area contributed by atoms with Crippen LogP contribution in [0.5, 0.6) is 0 Å². The lowest BCUT2D eigenvalue weighted by atomic mass is 10.1. The zero-order valence-corrected chi connectivity index (χ0v) is 11.7. The lowest BCUT2D eigenvalue weighted by Gasteiger charge is -2.20. The van der Waals surface area contributed by atoms with E-state index in [2.05, 4.69) is 16.7 Å². The highest BCUT2D eigenvalue weighted by Gasteiger charge is 2.17. The molecule has 4 heteroatoms. The number of nitrogens with zero attached hydrogens (tertiary/aromatic N) is 1. The van der Waals surface area contributed by atoms with E-state index in [1.54, 1.807) is 12.1 Å². The first-order valence-electron chi connectivity index (χ1n) is 6.87. The molecule has 0 aromatic heterocycles. The van der Waals surface area contributed by atoms with Gasteiger partial charge in [0.25, 0.3) is 0 Å². The monoisotopic (exact) mass is 277 g/mol. The van der Waals surface area contributed by atoms with Gasteiger partial charge in [-0.2, -0.15) is 0 Å². The van der Waals surface area contributed by atoms with Crippen molar-refractivity contribution in [1.29, 1.82) is 0 Å². The number of hydrogen-bond acceptors (Lipinski definition) is 3. The van der Waals surface area contributed by atoms with Gasteiger partial charge in [-0.3, -0.25) is 4.90 Å². The number of benzene rings is 1. The van der Waals surface area contributed by atoms with Gasteiger partial charge in [-0.1, -0.05) is 17.9 Å². The molecular weight excluding hydrogens is 257 g/mol. The fourth-order valence-corrected chi connectivity index (χ4v) is 2.41. The normalized spacial score (nSPS) is 18.1. The van der Waals surface area contributed by atoms with Crippen molar-refractivity contribution in [1.82, 2.24) is 4.90 Å². The SMILES string of the molecule is CN(Cc1ccc(F)c(C#CCO)c1)CC1CCCO1. The second-order valence-electron chi connectivity index (χ2n) is 5.11. The van der Waals surface area contributed by atoms with Crippen LogP contribution in [0.15, 0.2) is 18.2 Å². The molecule has 2 rings (SSSR count). The maximum Gasteiger partial charge on any atom is 0.138 e. The molecule has 0 saturated carbocycles. The van der Waals surface area contributed by atoms with Gasteiger partial charge in [0.2, 0.25) is 0 Å². The number of hydrogen-bond donors (Lipinski definition) is 1. The maximum absolute atomic E-state index is 13.5. The van der Waals surface area contributed by atoms with Gasteiger partial charge in [-0.25, -0.2) is 4.39 Å². The second kappa shape index (κ2) is 7.39. The van der Waals surface area contributed by atoms with Gasteiger partial charge in [0.1, 0.15) is 12.4 Å². The zero-order valence-electron chi connectivity index (χ0n) is 11.7. The Kier molecular flexibility index (Phi) is 5.54. The Morgan fingerprint density at radius 1 is 1.50 bits per heavy atom. The minimum Gasteiger partial charge on any atom is -0.384 e. The molecule has 1 unspecified atom stereocenters. The first-order valence-corrected chi connectivity index (χ1v) is 6.87. The first-order chi connectivity index (χ1) is 9.69. The third-order valence-corrected chi connectivity index (χ3v) is 3.32. The van der Waals surface area contributed by atoms with E-state index in [0.717, 1.165) is 38.1 Å². The summed E-state index contributed by atoms with van der Waals surface area (Å²) in [5, 5.41) is 8.67. The maximum atomic E-state index is 13.5. The molecule has 1 fully saturated rings. The van der Waals surface area contributed by atoms with Crippen LogP contribution in [0.2, 0.25) is 0 Å². The fourth-order valence-electron chi connectivity index (χ4n) is 2.41. The number of ether oxygens (including phenoxy) is 1. The van der Waals surface area contributed by atoms with Crippen LogP contribution < -0.4 is 0 Å². The van der Waals surface area contributed by atoms with Gasteiger partial charge in [-0.05, 0) is 37.6 Å². The summed E-state index contributed by atoms with van der Waals surface area (Å²) < 4.78 is 19.1. The Labute approximate surface area is 119 Å². The number of rotatable bonds is 4. The van der Waals surface area contributed by atoms with E-state index >= 15 is 0 Å². The summed E-state index contributed by atoms with van der Waals surface area (Å²) >= 11 is 0. The van der Waals surface area contributed by atoms with Crippen molar-refractivity contribution >= 4 is 0 Å². The lowest BCUT2D eigenvalue weighted by molar-refractivity contribution is 0.0793. The third kappa shape index (κ3) is 4.31. The van der Waals surface area contributed by atoms with Crippen molar-refractivity contribution in [3.63, 3.8) is 0 Å². The van der Waals surface area contributed by atoms with Crippen LogP contribution in [-0.2, 0) is 11.3 Å². The van der Waals surface area contributed by atoms with Crippen LogP contribution >= 0.6 is 0 Å². The van der Waals surface area contributed by atoms with Crippen molar-refractivity contribution in [2.45, 2.75) is 25.5 Å². The van der Waals surface area contributed by atoms with Gasteiger partial charge in [-0.15, -0.1) is 0 Å². The average molecular weight is 277 g/mol. The Bertz CT molecular complexity index is 501. The number of likely N-dealkylation sites (N-methyl/N-ethyl adjacent to an activating group) is 1. The summed E-state index contributed by atoms with van der Waals surface area (Å²) in [7, 11) is 2.03. The van der Waals surface area contributed by atoms with Gasteiger partial charge >= 0.3 is 0 Å². The highest BCUT2D eigenvalue weighted by atomic mass is 19.1. The smallest absolute Gasteiger partial charge is 0.138 e. The number of aliphatic hydroxyl groups excluding tert-OH is 1. The molecule has 0 bridgehead atoms. The van der Waals surface area contributed by atoms with Crippen LogP contribution in [-0.4, -0.2) is 42.9 Å². The molecule has 1 aliphatic rings. The molecule has 0 aliphatic carbocycles. The minimum absolute atomic E-state index is 0.261. The molecule has 108 valence electrons. The molecule has 1 N–H and O–H groups in total. The Morgan fingerprint density at radius 3 is 3.05 bits per heavy atom. The topological polar surface area (TPSA) is 32.7 Å². The summed E-state index contributed by atoms with van der Waals surface area (Å²) in [5.74, 6) is 4.76. The van der Waals surface area contributed by atoms with E-state index in [1.807, 2.05) is 7.05 Å². The van der Waals surface area contributed by atoms with Crippen LogP contribution in [0.1, 0.15) is 24.0 Å². The quantitative estimate of drug-likeness (QED) is 0.852. The minimum atomic E-state index is -0.350. The predicted octanol–water partition coefficient (Wildman–Crippen LogP) is 1.78. The zero-order chi connectivity index (χ0) is 14.4. The van der Waals surface area contributed by atoms with Crippen molar-refractivity contribution in [3.05, 3.63) is 35.1 Å². The van der Waals surface area contributed by atoms with Gasteiger partial charge in [0, 0.05) is 19.7 Å². The van der Waals surface area contributed by atoms with Crippen LogP contribution in [0.3, 0.4) is 0 Å². The molecule has 20 heavy (non-hydrogen) atoms. The van der Waals surface area contributed by atoms with Crippen molar-refractivity contribution in [3.8, 4) is 11.8 Å². The lowest BCUT2D eigenvalue weighted by Crippen LogP contribution is -2.28. The van der Waals surface area contributed by atoms with E-state index in [9.17, 15) is 4.39 Å². The van der Waals surface area contributed by atoms with E-state index in [1.165, 1.54) is 6.07 Å². The summed E-state index contributed by atoms with van der Waals surface area (Å²) in [6, 6.07) is 4.94. The Morgan fingerprint density at radius 2 is 2.35 bits per heavy atom. The van der Waals surface area contributed by atoms with Crippen molar-refractivity contribution in [2.75, 3.05) is 26.8 Å². The summed E-state index contributed by atoms with van der Waals surface area (Å²) in [6.07, 6.45) is 2.56. The Hall–Kier alpha value is -1.41. The molecule has 1 aromatic carbocycles. The summed E-state index contributed by atoms with van der Waals surface area (Å²) in [5.41, 5.74) is 1.34. The van der Waals surface area contributed by atoms with Crippen molar-refractivity contribution < 1.29 is 14.2 Å². The molecule has 1 heterocycles. The van der Waals surface area contributed by atoms with Gasteiger partial charge < -0.3 is 9.84 Å². The molecule has 1 aliphatic heterocycles. The highest BCUT2D eigenvalue weighted by molar-refractivity contribution is 5.38. The molecule has 1 atom stereocenters. The van der Waals surface area contributed by atoms with E-state index in [4.69, 9.17) is 9.84 Å². The van der Waals surface area contributed by atoms with Gasteiger partial charge in [0.05, 0.1) is 11.7 Å². The first kappa shape index (κ1) is 15.0. The fraction of sp³-hybridized carbons (Fsp3) is 0.500.